The zero-order valence-corrected chi connectivity index (χ0v) is 20.1. The van der Waals surface area contributed by atoms with Crippen molar-refractivity contribution in [3.05, 3.63) is 53.9 Å². The van der Waals surface area contributed by atoms with E-state index in [1.54, 1.807) is 16.2 Å². The number of aromatic nitrogens is 1. The first-order valence-corrected chi connectivity index (χ1v) is 12.9. The highest BCUT2D eigenvalue weighted by Crippen LogP contribution is 2.39. The van der Waals surface area contributed by atoms with Crippen LogP contribution in [0.2, 0.25) is 0 Å². The summed E-state index contributed by atoms with van der Waals surface area (Å²) in [5.74, 6) is 0.335. The second kappa shape index (κ2) is 9.97. The molecule has 7 heteroatoms. The van der Waals surface area contributed by atoms with Gasteiger partial charge in [-0.3, -0.25) is 14.5 Å². The Morgan fingerprint density at radius 2 is 1.91 bits per heavy atom. The van der Waals surface area contributed by atoms with Gasteiger partial charge < -0.3 is 10.1 Å². The molecular weight excluding hydrogens is 446 g/mol. The molecule has 176 valence electrons. The molecule has 1 N–H and O–H groups in total. The van der Waals surface area contributed by atoms with Crippen LogP contribution in [0.1, 0.15) is 45.4 Å². The van der Waals surface area contributed by atoms with Gasteiger partial charge in [-0.1, -0.05) is 56.5 Å². The first-order chi connectivity index (χ1) is 16.6. The van der Waals surface area contributed by atoms with Crippen LogP contribution in [-0.4, -0.2) is 35.5 Å². The Morgan fingerprint density at radius 3 is 2.68 bits per heavy atom. The maximum Gasteiger partial charge on any atom is 0.268 e. The van der Waals surface area contributed by atoms with Gasteiger partial charge in [0.1, 0.15) is 17.3 Å². The van der Waals surface area contributed by atoms with E-state index < -0.39 is 6.10 Å². The number of carbonyl (C=O) groups excluding carboxylic acids is 2. The van der Waals surface area contributed by atoms with E-state index in [0.29, 0.717) is 17.9 Å². The summed E-state index contributed by atoms with van der Waals surface area (Å²) in [5.41, 5.74) is 3.42. The summed E-state index contributed by atoms with van der Waals surface area (Å²) in [5, 5.41) is 6.09. The Bertz CT molecular complexity index is 1170. The number of nitrogens with one attached hydrogen (secondary N) is 1. The third-order valence-corrected chi connectivity index (χ3v) is 7.42. The van der Waals surface area contributed by atoms with Gasteiger partial charge in [0.15, 0.2) is 6.10 Å². The molecule has 2 aromatic carbocycles. The highest BCUT2D eigenvalue weighted by molar-refractivity contribution is 7.13. The van der Waals surface area contributed by atoms with Gasteiger partial charge in [-0.05, 0) is 37.5 Å². The molecule has 3 aromatic rings. The lowest BCUT2D eigenvalue weighted by Gasteiger charge is -2.34. The van der Waals surface area contributed by atoms with Crippen LogP contribution < -0.4 is 15.0 Å². The molecule has 0 radical (unpaired) electrons. The normalized spacial score (nSPS) is 18.3. The Hall–Kier alpha value is -3.19. The minimum atomic E-state index is -0.579. The van der Waals surface area contributed by atoms with Crippen LogP contribution >= 0.6 is 11.3 Å². The number of nitrogens with zero attached hydrogens (tertiary/aromatic N) is 2. The second-order valence-electron chi connectivity index (χ2n) is 8.93. The number of thiazole rings is 1. The first-order valence-electron chi connectivity index (χ1n) is 12.0. The van der Waals surface area contributed by atoms with Gasteiger partial charge in [0.05, 0.1) is 11.4 Å². The number of carbonyl (C=O) groups is 2. The Kier molecular flexibility index (Phi) is 6.63. The summed E-state index contributed by atoms with van der Waals surface area (Å²) >= 11 is 1.58. The predicted octanol–water partition coefficient (Wildman–Crippen LogP) is 5.43. The van der Waals surface area contributed by atoms with Gasteiger partial charge in [0, 0.05) is 22.5 Å². The van der Waals surface area contributed by atoms with Crippen molar-refractivity contribution < 1.29 is 14.3 Å². The van der Waals surface area contributed by atoms with E-state index in [0.717, 1.165) is 47.5 Å². The van der Waals surface area contributed by atoms with E-state index in [1.807, 2.05) is 60.8 Å². The van der Waals surface area contributed by atoms with E-state index in [4.69, 9.17) is 9.72 Å². The maximum absolute atomic E-state index is 13.2. The minimum absolute atomic E-state index is 0.00201. The number of amides is 2. The molecular formula is C27H29N3O3S. The molecule has 1 saturated carbocycles. The molecule has 2 aliphatic rings. The molecule has 2 amide bonds. The molecule has 1 fully saturated rings. The highest BCUT2D eigenvalue weighted by atomic mass is 32.1. The smallest absolute Gasteiger partial charge is 0.268 e. The number of hydrogen-bond donors (Lipinski definition) is 1. The van der Waals surface area contributed by atoms with Crippen LogP contribution in [0.4, 0.5) is 5.69 Å². The third kappa shape index (κ3) is 4.71. The summed E-state index contributed by atoms with van der Waals surface area (Å²) in [7, 11) is 0. The van der Waals surface area contributed by atoms with Crippen molar-refractivity contribution in [1.29, 1.82) is 0 Å². The van der Waals surface area contributed by atoms with E-state index in [9.17, 15) is 9.59 Å². The van der Waals surface area contributed by atoms with E-state index in [2.05, 4.69) is 5.32 Å². The van der Waals surface area contributed by atoms with Crippen molar-refractivity contribution >= 4 is 28.8 Å². The van der Waals surface area contributed by atoms with Crippen molar-refractivity contribution in [1.82, 2.24) is 10.3 Å². The van der Waals surface area contributed by atoms with Crippen molar-refractivity contribution in [2.45, 2.75) is 57.6 Å². The highest BCUT2D eigenvalue weighted by Gasteiger charge is 2.35. The lowest BCUT2D eigenvalue weighted by molar-refractivity contribution is -0.129. The molecule has 34 heavy (non-hydrogen) atoms. The summed E-state index contributed by atoms with van der Waals surface area (Å²) in [6.07, 6.45) is 5.50. The molecule has 5 rings (SSSR count). The van der Waals surface area contributed by atoms with Crippen LogP contribution in [0.25, 0.3) is 21.8 Å². The summed E-state index contributed by atoms with van der Waals surface area (Å²) in [6, 6.07) is 16.0. The van der Waals surface area contributed by atoms with Gasteiger partial charge in [-0.15, -0.1) is 11.3 Å². The van der Waals surface area contributed by atoms with Gasteiger partial charge in [-0.2, -0.15) is 0 Å². The van der Waals surface area contributed by atoms with Crippen molar-refractivity contribution in [3.8, 4) is 27.6 Å². The van der Waals surface area contributed by atoms with E-state index in [1.165, 1.54) is 6.42 Å². The Labute approximate surface area is 204 Å². The quantitative estimate of drug-likeness (QED) is 0.516. The molecule has 1 unspecified atom stereocenters. The van der Waals surface area contributed by atoms with Gasteiger partial charge in [0.25, 0.3) is 5.91 Å². The lowest BCUT2D eigenvalue weighted by atomic mass is 9.95. The number of hydrogen-bond acceptors (Lipinski definition) is 5. The average molecular weight is 476 g/mol. The summed E-state index contributed by atoms with van der Waals surface area (Å²) < 4.78 is 5.98. The Morgan fingerprint density at radius 1 is 1.12 bits per heavy atom. The van der Waals surface area contributed by atoms with E-state index in [-0.39, 0.29) is 24.4 Å². The third-order valence-electron chi connectivity index (χ3n) is 6.52. The fourth-order valence-corrected chi connectivity index (χ4v) is 5.52. The Balaban J connectivity index is 1.41. The summed E-state index contributed by atoms with van der Waals surface area (Å²) in [4.78, 5) is 32.5. The lowest BCUT2D eigenvalue weighted by Crippen LogP contribution is -2.51. The van der Waals surface area contributed by atoms with Gasteiger partial charge >= 0.3 is 0 Å². The number of ether oxygens (including phenoxy) is 1. The predicted molar refractivity (Wildman–Crippen MR) is 135 cm³/mol. The average Bonchev–Trinajstić information content (AvgIpc) is 3.37. The van der Waals surface area contributed by atoms with Crippen molar-refractivity contribution in [2.24, 2.45) is 0 Å². The molecule has 1 aliphatic heterocycles. The number of anilines is 1. The zero-order chi connectivity index (χ0) is 23.5. The van der Waals surface area contributed by atoms with Crippen LogP contribution in [0.3, 0.4) is 0 Å². The molecule has 0 saturated heterocycles. The standard InChI is InChI=1S/C27H29N3O3S/c1-2-23-27(32)30(16-25(31)28-20-11-7-4-8-12-20)22-15-19(13-14-24(22)33-23)21-17-34-26(29-21)18-9-5-3-6-10-18/h3,5-6,9-10,13-15,17,20,23H,2,4,7-8,11-12,16H2,1H3,(H,28,31). The number of rotatable bonds is 6. The largest absolute Gasteiger partial charge is 0.478 e. The van der Waals surface area contributed by atoms with Crippen LogP contribution in [0.5, 0.6) is 5.75 Å². The molecule has 6 nitrogen and oxygen atoms in total. The SMILES string of the molecule is CCC1Oc2ccc(-c3csc(-c4ccccc4)n3)cc2N(CC(=O)NC2CCCCC2)C1=O. The fraction of sp³-hybridized carbons (Fsp3) is 0.370. The monoisotopic (exact) mass is 475 g/mol. The van der Waals surface area contributed by atoms with Crippen molar-refractivity contribution in [2.75, 3.05) is 11.4 Å². The topological polar surface area (TPSA) is 71.5 Å². The summed E-state index contributed by atoms with van der Waals surface area (Å²) in [6.45, 7) is 1.92. The molecule has 1 aliphatic carbocycles. The molecule has 1 aromatic heterocycles. The molecule has 1 atom stereocenters. The zero-order valence-electron chi connectivity index (χ0n) is 19.3. The van der Waals surface area contributed by atoms with Crippen LogP contribution in [0.15, 0.2) is 53.9 Å². The fourth-order valence-electron chi connectivity index (χ4n) is 4.69. The van der Waals surface area contributed by atoms with Gasteiger partial charge in [-0.25, -0.2) is 4.98 Å². The number of benzene rings is 2. The second-order valence-corrected chi connectivity index (χ2v) is 9.79. The van der Waals surface area contributed by atoms with E-state index >= 15 is 0 Å². The van der Waals surface area contributed by atoms with Crippen LogP contribution in [0, 0.1) is 0 Å². The number of fused-ring (bicyclic) bond motifs is 1. The molecule has 0 bridgehead atoms. The molecule has 2 heterocycles. The molecule has 0 spiro atoms. The van der Waals surface area contributed by atoms with Crippen LogP contribution in [-0.2, 0) is 9.59 Å². The maximum atomic E-state index is 13.2. The minimum Gasteiger partial charge on any atom is -0.478 e. The first kappa shape index (κ1) is 22.6. The van der Waals surface area contributed by atoms with Crippen molar-refractivity contribution in [3.63, 3.8) is 0 Å². The van der Waals surface area contributed by atoms with Gasteiger partial charge in [0.2, 0.25) is 5.91 Å².